The minimum Gasteiger partial charge on any atom is -0.294 e. The maximum Gasteiger partial charge on any atom is 0.258 e. The van der Waals surface area contributed by atoms with Crippen LogP contribution in [0.15, 0.2) is 46.7 Å². The zero-order valence-electron chi connectivity index (χ0n) is 12.8. The number of fused-ring (bicyclic) bond motifs is 1. The summed E-state index contributed by atoms with van der Waals surface area (Å²) in [7, 11) is 0. The summed E-state index contributed by atoms with van der Waals surface area (Å²) in [6.45, 7) is 6.69. The fourth-order valence-electron chi connectivity index (χ4n) is 2.43. The number of nitrogens with zero attached hydrogens (tertiary/aromatic N) is 3. The van der Waals surface area contributed by atoms with Gasteiger partial charge in [0.25, 0.3) is 5.56 Å². The van der Waals surface area contributed by atoms with Gasteiger partial charge in [0.1, 0.15) is 0 Å². The topological polar surface area (TPSA) is 37.6 Å². The molecule has 0 aliphatic rings. The van der Waals surface area contributed by atoms with Gasteiger partial charge in [0.2, 0.25) is 0 Å². The molecule has 4 nitrogen and oxygen atoms in total. The van der Waals surface area contributed by atoms with E-state index in [1.807, 2.05) is 5.38 Å². The van der Waals surface area contributed by atoms with Crippen LogP contribution in [0.25, 0.3) is 4.96 Å². The van der Waals surface area contributed by atoms with Gasteiger partial charge in [0.15, 0.2) is 4.96 Å². The summed E-state index contributed by atoms with van der Waals surface area (Å²) in [6.07, 6.45) is 1.77. The zero-order valence-corrected chi connectivity index (χ0v) is 13.6. The third kappa shape index (κ3) is 3.26. The van der Waals surface area contributed by atoms with Crippen LogP contribution in [0, 0.1) is 6.92 Å². The molecule has 0 saturated carbocycles. The number of rotatable bonds is 5. The molecule has 0 amide bonds. The number of thiazole rings is 1. The first kappa shape index (κ1) is 14.9. The van der Waals surface area contributed by atoms with Crippen LogP contribution in [0.4, 0.5) is 0 Å². The van der Waals surface area contributed by atoms with E-state index in [1.165, 1.54) is 22.5 Å². The van der Waals surface area contributed by atoms with Crippen molar-refractivity contribution in [2.75, 3.05) is 6.54 Å². The van der Waals surface area contributed by atoms with E-state index >= 15 is 0 Å². The Labute approximate surface area is 133 Å². The van der Waals surface area contributed by atoms with Crippen molar-refractivity contribution in [2.45, 2.75) is 26.9 Å². The Hall–Kier alpha value is -1.98. The van der Waals surface area contributed by atoms with E-state index in [2.05, 4.69) is 48.0 Å². The molecule has 5 heteroatoms. The molecule has 0 atom stereocenters. The fourth-order valence-corrected chi connectivity index (χ4v) is 3.17. The Bertz CT molecular complexity index is 820. The van der Waals surface area contributed by atoms with Gasteiger partial charge in [-0.25, -0.2) is 4.98 Å². The van der Waals surface area contributed by atoms with Crippen LogP contribution < -0.4 is 5.56 Å². The summed E-state index contributed by atoms with van der Waals surface area (Å²) >= 11 is 1.49. The van der Waals surface area contributed by atoms with Crippen LogP contribution in [-0.4, -0.2) is 20.8 Å². The summed E-state index contributed by atoms with van der Waals surface area (Å²) in [6, 6.07) is 10.2. The van der Waals surface area contributed by atoms with E-state index in [1.54, 1.807) is 16.7 Å². The average Bonchev–Trinajstić information content (AvgIpc) is 2.98. The first-order valence-electron chi connectivity index (χ1n) is 7.39. The second kappa shape index (κ2) is 6.42. The number of hydrogen-bond donors (Lipinski definition) is 0. The normalized spacial score (nSPS) is 11.4. The highest BCUT2D eigenvalue weighted by molar-refractivity contribution is 7.15. The standard InChI is InChI=1S/C17H19N3OS/c1-3-19(11-14-6-4-13(2)5-7-14)12-15-10-16(21)20-8-9-22-17(20)18-15/h4-10H,3,11-12H2,1-2H3. The van der Waals surface area contributed by atoms with Gasteiger partial charge in [0, 0.05) is 30.7 Å². The first-order chi connectivity index (χ1) is 10.7. The molecular formula is C17H19N3OS. The van der Waals surface area contributed by atoms with Gasteiger partial charge in [-0.1, -0.05) is 36.8 Å². The number of aromatic nitrogens is 2. The van der Waals surface area contributed by atoms with E-state index in [0.717, 1.165) is 23.7 Å². The van der Waals surface area contributed by atoms with Crippen LogP contribution in [0.3, 0.4) is 0 Å². The molecule has 0 bridgehead atoms. The van der Waals surface area contributed by atoms with Crippen LogP contribution in [0.1, 0.15) is 23.7 Å². The lowest BCUT2D eigenvalue weighted by atomic mass is 10.1. The van der Waals surface area contributed by atoms with E-state index in [-0.39, 0.29) is 5.56 Å². The Balaban J connectivity index is 1.78. The van der Waals surface area contributed by atoms with Crippen molar-refractivity contribution in [1.29, 1.82) is 0 Å². The quantitative estimate of drug-likeness (QED) is 0.726. The summed E-state index contributed by atoms with van der Waals surface area (Å²) in [5.74, 6) is 0. The molecule has 1 aromatic carbocycles. The number of aryl methyl sites for hydroxylation is 1. The van der Waals surface area contributed by atoms with Crippen LogP contribution >= 0.6 is 11.3 Å². The second-order valence-corrected chi connectivity index (χ2v) is 6.30. The van der Waals surface area contributed by atoms with Crippen LogP contribution in [-0.2, 0) is 13.1 Å². The third-order valence-electron chi connectivity index (χ3n) is 3.72. The second-order valence-electron chi connectivity index (χ2n) is 5.43. The molecule has 114 valence electrons. The van der Waals surface area contributed by atoms with Crippen molar-refractivity contribution in [3.63, 3.8) is 0 Å². The van der Waals surface area contributed by atoms with Gasteiger partial charge in [-0.3, -0.25) is 14.1 Å². The van der Waals surface area contributed by atoms with E-state index in [4.69, 9.17) is 0 Å². The SMILES string of the molecule is CCN(Cc1ccc(C)cc1)Cc1cc(=O)n2ccsc2n1. The molecule has 0 spiro atoms. The summed E-state index contributed by atoms with van der Waals surface area (Å²) in [5.41, 5.74) is 3.38. The maximum absolute atomic E-state index is 12.0. The molecule has 0 aliphatic carbocycles. The van der Waals surface area contributed by atoms with E-state index in [0.29, 0.717) is 6.54 Å². The molecule has 2 heterocycles. The van der Waals surface area contributed by atoms with Crippen LogP contribution in [0.5, 0.6) is 0 Å². The molecule has 22 heavy (non-hydrogen) atoms. The molecule has 0 aliphatic heterocycles. The van der Waals surface area contributed by atoms with Gasteiger partial charge in [-0.15, -0.1) is 11.3 Å². The largest absolute Gasteiger partial charge is 0.294 e. The van der Waals surface area contributed by atoms with Crippen LogP contribution in [0.2, 0.25) is 0 Å². The zero-order chi connectivity index (χ0) is 15.5. The lowest BCUT2D eigenvalue weighted by Crippen LogP contribution is -2.24. The molecule has 0 radical (unpaired) electrons. The maximum atomic E-state index is 12.0. The monoisotopic (exact) mass is 313 g/mol. The molecule has 0 fully saturated rings. The minimum atomic E-state index is -0.00682. The predicted molar refractivity (Wildman–Crippen MR) is 90.3 cm³/mol. The average molecular weight is 313 g/mol. The van der Waals surface area contributed by atoms with Crippen molar-refractivity contribution in [3.8, 4) is 0 Å². The van der Waals surface area contributed by atoms with Crippen molar-refractivity contribution < 1.29 is 0 Å². The highest BCUT2D eigenvalue weighted by atomic mass is 32.1. The van der Waals surface area contributed by atoms with Crippen molar-refractivity contribution in [2.24, 2.45) is 0 Å². The minimum absolute atomic E-state index is 0.00682. The van der Waals surface area contributed by atoms with Crippen molar-refractivity contribution in [1.82, 2.24) is 14.3 Å². The summed E-state index contributed by atoms with van der Waals surface area (Å²) in [4.78, 5) is 19.7. The summed E-state index contributed by atoms with van der Waals surface area (Å²) in [5, 5.41) is 1.89. The molecule has 0 unspecified atom stereocenters. The number of hydrogen-bond acceptors (Lipinski definition) is 4. The van der Waals surface area contributed by atoms with E-state index in [9.17, 15) is 4.79 Å². The number of benzene rings is 1. The van der Waals surface area contributed by atoms with Crippen molar-refractivity contribution >= 4 is 16.3 Å². The molecule has 3 rings (SSSR count). The Morgan fingerprint density at radius 2 is 2.00 bits per heavy atom. The van der Waals surface area contributed by atoms with Gasteiger partial charge in [-0.05, 0) is 19.0 Å². The lowest BCUT2D eigenvalue weighted by molar-refractivity contribution is 0.268. The third-order valence-corrected chi connectivity index (χ3v) is 4.47. The molecule has 0 saturated heterocycles. The lowest BCUT2D eigenvalue weighted by Gasteiger charge is -2.20. The Morgan fingerprint density at radius 3 is 2.73 bits per heavy atom. The predicted octanol–water partition coefficient (Wildman–Crippen LogP) is 3.09. The Morgan fingerprint density at radius 1 is 1.23 bits per heavy atom. The van der Waals surface area contributed by atoms with Crippen molar-refractivity contribution in [3.05, 3.63) is 69.1 Å². The Kier molecular flexibility index (Phi) is 4.36. The fraction of sp³-hybridized carbons (Fsp3) is 0.294. The van der Waals surface area contributed by atoms with E-state index < -0.39 is 0 Å². The first-order valence-corrected chi connectivity index (χ1v) is 8.27. The van der Waals surface area contributed by atoms with Gasteiger partial charge < -0.3 is 0 Å². The molecular weight excluding hydrogens is 294 g/mol. The van der Waals surface area contributed by atoms with Gasteiger partial charge >= 0.3 is 0 Å². The molecule has 2 aromatic heterocycles. The molecule has 0 N–H and O–H groups in total. The highest BCUT2D eigenvalue weighted by Gasteiger charge is 2.09. The smallest absolute Gasteiger partial charge is 0.258 e. The molecule has 3 aromatic rings. The van der Waals surface area contributed by atoms with Gasteiger partial charge in [-0.2, -0.15) is 0 Å². The summed E-state index contributed by atoms with van der Waals surface area (Å²) < 4.78 is 1.59. The highest BCUT2D eigenvalue weighted by Crippen LogP contribution is 2.11. The van der Waals surface area contributed by atoms with Gasteiger partial charge in [0.05, 0.1) is 5.69 Å².